The average Bonchev–Trinajstić information content (AvgIpc) is 2.15. The van der Waals surface area contributed by atoms with Crippen LogP contribution >= 0.6 is 15.9 Å². The molecule has 0 aliphatic carbocycles. The first-order chi connectivity index (χ1) is 6.98. The minimum Gasteiger partial charge on any atom is -0.404 e. The van der Waals surface area contributed by atoms with E-state index in [0.717, 1.165) is 6.07 Å². The first-order valence-corrected chi connectivity index (χ1v) is 4.94. The van der Waals surface area contributed by atoms with Gasteiger partial charge in [0.15, 0.2) is 0 Å². The molecule has 1 aromatic carbocycles. The summed E-state index contributed by atoms with van der Waals surface area (Å²) < 4.78 is 39.6. The lowest BCUT2D eigenvalue weighted by atomic mass is 10.1. The largest absolute Gasteiger partial charge is 0.573 e. The molecule has 0 aliphatic heterocycles. The summed E-state index contributed by atoms with van der Waals surface area (Å²) in [5, 5.41) is 9.01. The molecule has 0 atom stereocenters. The number of alkyl halides is 4. The molecule has 0 heterocycles. The molecular weight excluding hydrogens is 275 g/mol. The van der Waals surface area contributed by atoms with Crippen LogP contribution in [0.2, 0.25) is 0 Å². The molecule has 0 saturated heterocycles. The number of halogens is 4. The van der Waals surface area contributed by atoms with Gasteiger partial charge in [-0.05, 0) is 11.6 Å². The van der Waals surface area contributed by atoms with Crippen LogP contribution in [0, 0.1) is 11.3 Å². The first kappa shape index (κ1) is 11.9. The number of benzene rings is 1. The highest BCUT2D eigenvalue weighted by molar-refractivity contribution is 9.08. The van der Waals surface area contributed by atoms with Crippen molar-refractivity contribution in [3.05, 3.63) is 29.3 Å². The Morgan fingerprint density at radius 3 is 2.53 bits per heavy atom. The van der Waals surface area contributed by atoms with Gasteiger partial charge in [0, 0.05) is 5.33 Å². The van der Waals surface area contributed by atoms with Crippen LogP contribution in [0.1, 0.15) is 11.1 Å². The molecule has 0 N–H and O–H groups in total. The van der Waals surface area contributed by atoms with E-state index in [0.29, 0.717) is 10.9 Å². The van der Waals surface area contributed by atoms with Crippen molar-refractivity contribution in [3.8, 4) is 11.8 Å². The molecule has 2 nitrogen and oxygen atoms in total. The molecule has 0 fully saturated rings. The number of ether oxygens (including phenoxy) is 1. The lowest BCUT2D eigenvalue weighted by molar-refractivity contribution is -0.274. The zero-order valence-corrected chi connectivity index (χ0v) is 8.89. The van der Waals surface area contributed by atoms with Gasteiger partial charge in [0.05, 0.1) is 5.56 Å². The van der Waals surface area contributed by atoms with E-state index >= 15 is 0 Å². The fourth-order valence-corrected chi connectivity index (χ4v) is 1.49. The predicted octanol–water partition coefficient (Wildman–Crippen LogP) is 3.35. The average molecular weight is 280 g/mol. The summed E-state index contributed by atoms with van der Waals surface area (Å²) in [5.41, 5.74) is 0.353. The number of nitrogens with zero attached hydrogens (tertiary/aromatic N) is 1. The highest BCUT2D eigenvalue weighted by atomic mass is 79.9. The van der Waals surface area contributed by atoms with Crippen LogP contribution in [0.25, 0.3) is 0 Å². The smallest absolute Gasteiger partial charge is 0.404 e. The van der Waals surface area contributed by atoms with Gasteiger partial charge in [0.2, 0.25) is 0 Å². The fourth-order valence-electron chi connectivity index (χ4n) is 1.02. The van der Waals surface area contributed by atoms with E-state index in [9.17, 15) is 13.2 Å². The maximum Gasteiger partial charge on any atom is 0.573 e. The van der Waals surface area contributed by atoms with E-state index < -0.39 is 12.1 Å². The molecule has 0 spiro atoms. The first-order valence-electron chi connectivity index (χ1n) is 3.81. The van der Waals surface area contributed by atoms with Crippen LogP contribution in [0.4, 0.5) is 13.2 Å². The molecule has 0 radical (unpaired) electrons. The van der Waals surface area contributed by atoms with Gasteiger partial charge < -0.3 is 4.74 Å². The van der Waals surface area contributed by atoms with E-state index in [1.165, 1.54) is 6.07 Å². The van der Waals surface area contributed by atoms with E-state index in [1.54, 1.807) is 12.1 Å². The third-order valence-corrected chi connectivity index (χ3v) is 2.20. The molecular formula is C9H5BrF3NO. The zero-order valence-electron chi connectivity index (χ0n) is 7.31. The normalized spacial score (nSPS) is 10.9. The Balaban J connectivity index is 3.14. The monoisotopic (exact) mass is 279 g/mol. The maximum atomic E-state index is 11.9. The van der Waals surface area contributed by atoms with Crippen LogP contribution in [-0.2, 0) is 5.33 Å². The van der Waals surface area contributed by atoms with E-state index in [2.05, 4.69) is 20.7 Å². The van der Waals surface area contributed by atoms with Gasteiger partial charge in [-0.3, -0.25) is 0 Å². The summed E-state index contributed by atoms with van der Waals surface area (Å²) in [6, 6.07) is 5.75. The highest BCUT2D eigenvalue weighted by Crippen LogP contribution is 2.28. The SMILES string of the molecule is N#Cc1c(CBr)cccc1OC(F)(F)F. The Labute approximate surface area is 92.4 Å². The number of nitriles is 1. The third kappa shape index (κ3) is 3.13. The number of rotatable bonds is 2. The molecule has 0 saturated carbocycles. The Kier molecular flexibility index (Phi) is 3.58. The molecule has 0 unspecified atom stereocenters. The summed E-state index contributed by atoms with van der Waals surface area (Å²) in [7, 11) is 0. The standard InChI is InChI=1S/C9H5BrF3NO/c10-4-6-2-1-3-8(7(6)5-14)15-9(11,12)13/h1-3H,4H2. The quantitative estimate of drug-likeness (QED) is 0.778. The summed E-state index contributed by atoms with van der Waals surface area (Å²) in [5.74, 6) is -0.470. The van der Waals surface area contributed by atoms with E-state index in [-0.39, 0.29) is 5.56 Å². The van der Waals surface area contributed by atoms with Gasteiger partial charge in [-0.2, -0.15) is 5.26 Å². The van der Waals surface area contributed by atoms with Crippen molar-refractivity contribution < 1.29 is 17.9 Å². The topological polar surface area (TPSA) is 33.0 Å². The molecule has 1 rings (SSSR count). The van der Waals surface area contributed by atoms with Gasteiger partial charge >= 0.3 is 6.36 Å². The lowest BCUT2D eigenvalue weighted by Crippen LogP contribution is -2.18. The highest BCUT2D eigenvalue weighted by Gasteiger charge is 2.32. The summed E-state index contributed by atoms with van der Waals surface area (Å²) in [6.45, 7) is 0. The Morgan fingerprint density at radius 2 is 2.07 bits per heavy atom. The van der Waals surface area contributed by atoms with Crippen LogP contribution in [-0.4, -0.2) is 6.36 Å². The second-order valence-electron chi connectivity index (χ2n) is 2.58. The van der Waals surface area contributed by atoms with E-state index in [1.807, 2.05) is 0 Å². The molecule has 0 bridgehead atoms. The fraction of sp³-hybridized carbons (Fsp3) is 0.222. The van der Waals surface area contributed by atoms with E-state index in [4.69, 9.17) is 5.26 Å². The second-order valence-corrected chi connectivity index (χ2v) is 3.14. The van der Waals surface area contributed by atoms with Gasteiger partial charge in [0.25, 0.3) is 0 Å². The van der Waals surface area contributed by atoms with Crippen LogP contribution in [0.15, 0.2) is 18.2 Å². The van der Waals surface area contributed by atoms with Crippen molar-refractivity contribution in [3.63, 3.8) is 0 Å². The van der Waals surface area contributed by atoms with Crippen molar-refractivity contribution in [1.82, 2.24) is 0 Å². The summed E-state index contributed by atoms with van der Waals surface area (Å²) >= 11 is 3.08. The van der Waals surface area contributed by atoms with Crippen LogP contribution < -0.4 is 4.74 Å². The Morgan fingerprint density at radius 1 is 1.40 bits per heavy atom. The predicted molar refractivity (Wildman–Crippen MR) is 50.5 cm³/mol. The molecule has 0 aromatic heterocycles. The molecule has 0 aliphatic rings. The second kappa shape index (κ2) is 4.53. The molecule has 6 heteroatoms. The van der Waals surface area contributed by atoms with Crippen molar-refractivity contribution in [1.29, 1.82) is 5.26 Å². The van der Waals surface area contributed by atoms with Crippen molar-refractivity contribution in [2.75, 3.05) is 0 Å². The van der Waals surface area contributed by atoms with Gasteiger partial charge in [0.1, 0.15) is 11.8 Å². The minimum absolute atomic E-state index is 0.105. The van der Waals surface area contributed by atoms with Crippen molar-refractivity contribution >= 4 is 15.9 Å². The molecule has 80 valence electrons. The summed E-state index contributed by atoms with van der Waals surface area (Å²) in [6.07, 6.45) is -4.78. The van der Waals surface area contributed by atoms with Gasteiger partial charge in [-0.25, -0.2) is 0 Å². The maximum absolute atomic E-state index is 11.9. The lowest BCUT2D eigenvalue weighted by Gasteiger charge is -2.11. The third-order valence-electron chi connectivity index (χ3n) is 1.59. The van der Waals surface area contributed by atoms with Gasteiger partial charge in [-0.15, -0.1) is 13.2 Å². The van der Waals surface area contributed by atoms with Crippen LogP contribution in [0.3, 0.4) is 0 Å². The zero-order chi connectivity index (χ0) is 11.5. The number of hydrogen-bond acceptors (Lipinski definition) is 2. The van der Waals surface area contributed by atoms with Crippen molar-refractivity contribution in [2.24, 2.45) is 0 Å². The minimum atomic E-state index is -4.78. The molecule has 1 aromatic rings. The van der Waals surface area contributed by atoms with Gasteiger partial charge in [-0.1, -0.05) is 28.1 Å². The van der Waals surface area contributed by atoms with Crippen molar-refractivity contribution in [2.45, 2.75) is 11.7 Å². The summed E-state index contributed by atoms with van der Waals surface area (Å²) in [4.78, 5) is 0. The van der Waals surface area contributed by atoms with Crippen LogP contribution in [0.5, 0.6) is 5.75 Å². The molecule has 0 amide bonds. The number of hydrogen-bond donors (Lipinski definition) is 0. The Hall–Kier alpha value is -1.22. The Bertz CT molecular complexity index is 397. The molecule has 15 heavy (non-hydrogen) atoms.